The van der Waals surface area contributed by atoms with Crippen LogP contribution >= 0.6 is 0 Å². The average molecular weight is 278 g/mol. The molecule has 3 aromatic rings. The maximum Gasteiger partial charge on any atom is 0.257 e. The number of pyridine rings is 1. The molecule has 0 bridgehead atoms. The van der Waals surface area contributed by atoms with Crippen LogP contribution in [0.4, 0.5) is 5.82 Å². The summed E-state index contributed by atoms with van der Waals surface area (Å²) in [6, 6.07) is 20.2. The van der Waals surface area contributed by atoms with Crippen molar-refractivity contribution in [2.24, 2.45) is 0 Å². The van der Waals surface area contributed by atoms with Gasteiger partial charge in [0.25, 0.3) is 5.56 Å². The van der Waals surface area contributed by atoms with E-state index in [0.29, 0.717) is 0 Å². The first-order valence-electron chi connectivity index (χ1n) is 7.15. The number of H-pyrrole nitrogens is 1. The van der Waals surface area contributed by atoms with Crippen LogP contribution in [0.2, 0.25) is 0 Å². The fraction of sp³-hybridized carbons (Fsp3) is 0.167. The van der Waals surface area contributed by atoms with E-state index < -0.39 is 0 Å². The van der Waals surface area contributed by atoms with Gasteiger partial charge in [0.1, 0.15) is 5.82 Å². The molecule has 21 heavy (non-hydrogen) atoms. The Morgan fingerprint density at radius 2 is 1.76 bits per heavy atom. The van der Waals surface area contributed by atoms with Crippen molar-refractivity contribution in [3.8, 4) is 0 Å². The van der Waals surface area contributed by atoms with Gasteiger partial charge in [0.05, 0.1) is 0 Å². The molecule has 0 saturated carbocycles. The van der Waals surface area contributed by atoms with Crippen molar-refractivity contribution in [3.05, 3.63) is 76.6 Å². The Balaban J connectivity index is 1.80. The largest absolute Gasteiger partial charge is 0.369 e. The standard InChI is InChI=1S/C18H18N2O/c1-13(11-14-7-3-2-4-8-14)19-17-12-15-9-5-6-10-16(15)18(21)20-17/h2-10,12-13H,11H2,1H3,(H2,19,20,21). The van der Waals surface area contributed by atoms with E-state index in [1.54, 1.807) is 0 Å². The molecule has 0 spiro atoms. The summed E-state index contributed by atoms with van der Waals surface area (Å²) in [5.41, 5.74) is 1.23. The van der Waals surface area contributed by atoms with E-state index in [4.69, 9.17) is 0 Å². The molecule has 3 heteroatoms. The highest BCUT2D eigenvalue weighted by Gasteiger charge is 2.06. The summed E-state index contributed by atoms with van der Waals surface area (Å²) >= 11 is 0. The zero-order chi connectivity index (χ0) is 14.7. The van der Waals surface area contributed by atoms with Crippen molar-refractivity contribution >= 4 is 16.6 Å². The smallest absolute Gasteiger partial charge is 0.257 e. The van der Waals surface area contributed by atoms with Gasteiger partial charge in [-0.05, 0) is 36.4 Å². The number of nitrogens with one attached hydrogen (secondary N) is 2. The lowest BCUT2D eigenvalue weighted by atomic mass is 10.1. The number of rotatable bonds is 4. The SMILES string of the molecule is CC(Cc1ccccc1)Nc1cc2ccccc2c(=O)[nH]1. The van der Waals surface area contributed by atoms with Gasteiger partial charge < -0.3 is 10.3 Å². The first-order chi connectivity index (χ1) is 10.2. The highest BCUT2D eigenvalue weighted by molar-refractivity contribution is 5.83. The maximum atomic E-state index is 12.0. The summed E-state index contributed by atoms with van der Waals surface area (Å²) in [4.78, 5) is 14.9. The minimum Gasteiger partial charge on any atom is -0.369 e. The van der Waals surface area contributed by atoms with Gasteiger partial charge in [0.15, 0.2) is 0 Å². The molecule has 1 unspecified atom stereocenters. The van der Waals surface area contributed by atoms with Crippen molar-refractivity contribution in [3.63, 3.8) is 0 Å². The highest BCUT2D eigenvalue weighted by atomic mass is 16.1. The Bertz CT molecular complexity index is 793. The molecule has 0 aliphatic carbocycles. The summed E-state index contributed by atoms with van der Waals surface area (Å²) < 4.78 is 0. The number of fused-ring (bicyclic) bond motifs is 1. The van der Waals surface area contributed by atoms with Crippen LogP contribution in [-0.4, -0.2) is 11.0 Å². The van der Waals surface area contributed by atoms with Crippen molar-refractivity contribution in [1.29, 1.82) is 0 Å². The molecule has 2 aromatic carbocycles. The second kappa shape index (κ2) is 5.83. The molecule has 2 N–H and O–H groups in total. The van der Waals surface area contributed by atoms with E-state index in [1.165, 1.54) is 5.56 Å². The van der Waals surface area contributed by atoms with Crippen molar-refractivity contribution in [2.45, 2.75) is 19.4 Å². The molecular weight excluding hydrogens is 260 g/mol. The number of anilines is 1. The molecule has 0 saturated heterocycles. The molecule has 3 nitrogen and oxygen atoms in total. The first-order valence-corrected chi connectivity index (χ1v) is 7.15. The molecular formula is C18H18N2O. The summed E-state index contributed by atoms with van der Waals surface area (Å²) in [7, 11) is 0. The van der Waals surface area contributed by atoms with Crippen LogP contribution in [0.15, 0.2) is 65.5 Å². The lowest BCUT2D eigenvalue weighted by Gasteiger charge is -2.15. The Labute approximate surface area is 123 Å². The van der Waals surface area contributed by atoms with Gasteiger partial charge in [0.2, 0.25) is 0 Å². The van der Waals surface area contributed by atoms with E-state index in [1.807, 2.05) is 48.5 Å². The van der Waals surface area contributed by atoms with Crippen LogP contribution in [0, 0.1) is 0 Å². The lowest BCUT2D eigenvalue weighted by Crippen LogP contribution is -2.21. The van der Waals surface area contributed by atoms with Crippen LogP contribution in [0.1, 0.15) is 12.5 Å². The van der Waals surface area contributed by atoms with Gasteiger partial charge in [-0.3, -0.25) is 4.79 Å². The summed E-state index contributed by atoms with van der Waals surface area (Å²) in [6.45, 7) is 2.11. The minimum atomic E-state index is -0.0532. The molecule has 0 radical (unpaired) electrons. The van der Waals surface area contributed by atoms with Crippen LogP contribution in [0.5, 0.6) is 0 Å². The van der Waals surface area contributed by atoms with Crippen LogP contribution in [0.3, 0.4) is 0 Å². The zero-order valence-electron chi connectivity index (χ0n) is 12.0. The minimum absolute atomic E-state index is 0.0532. The fourth-order valence-electron chi connectivity index (χ4n) is 2.57. The lowest BCUT2D eigenvalue weighted by molar-refractivity contribution is 0.784. The normalized spacial score (nSPS) is 12.2. The van der Waals surface area contributed by atoms with Gasteiger partial charge >= 0.3 is 0 Å². The van der Waals surface area contributed by atoms with Gasteiger partial charge in [-0.1, -0.05) is 48.5 Å². The summed E-state index contributed by atoms with van der Waals surface area (Å²) in [6.07, 6.45) is 0.912. The second-order valence-electron chi connectivity index (χ2n) is 5.33. The van der Waals surface area contributed by atoms with Crippen molar-refractivity contribution < 1.29 is 0 Å². The molecule has 106 valence electrons. The predicted octanol–water partition coefficient (Wildman–Crippen LogP) is 3.57. The third-order valence-corrected chi connectivity index (χ3v) is 3.54. The van der Waals surface area contributed by atoms with Crippen molar-refractivity contribution in [1.82, 2.24) is 4.98 Å². The number of benzene rings is 2. The molecule has 1 heterocycles. The predicted molar refractivity (Wildman–Crippen MR) is 87.8 cm³/mol. The number of hydrogen-bond acceptors (Lipinski definition) is 2. The Kier molecular flexibility index (Phi) is 3.73. The quantitative estimate of drug-likeness (QED) is 0.766. The second-order valence-corrected chi connectivity index (χ2v) is 5.33. The van der Waals surface area contributed by atoms with Crippen molar-refractivity contribution in [2.75, 3.05) is 5.32 Å². The third kappa shape index (κ3) is 3.14. The maximum absolute atomic E-state index is 12.0. The van der Waals surface area contributed by atoms with E-state index in [-0.39, 0.29) is 11.6 Å². The number of hydrogen-bond donors (Lipinski definition) is 2. The van der Waals surface area contributed by atoms with Crippen LogP contribution in [0.25, 0.3) is 10.8 Å². The van der Waals surface area contributed by atoms with E-state index >= 15 is 0 Å². The molecule has 1 aromatic heterocycles. The van der Waals surface area contributed by atoms with Gasteiger partial charge in [-0.15, -0.1) is 0 Å². The zero-order valence-corrected chi connectivity index (χ0v) is 12.0. The van der Waals surface area contributed by atoms with Gasteiger partial charge in [-0.25, -0.2) is 0 Å². The molecule has 0 aliphatic rings. The topological polar surface area (TPSA) is 44.9 Å². The Morgan fingerprint density at radius 1 is 1.05 bits per heavy atom. The van der Waals surface area contributed by atoms with Gasteiger partial charge in [0, 0.05) is 11.4 Å². The molecule has 0 fully saturated rings. The third-order valence-electron chi connectivity index (χ3n) is 3.54. The van der Waals surface area contributed by atoms with Crippen LogP contribution < -0.4 is 10.9 Å². The Morgan fingerprint density at radius 3 is 2.57 bits per heavy atom. The first kappa shape index (κ1) is 13.4. The highest BCUT2D eigenvalue weighted by Crippen LogP contribution is 2.14. The monoisotopic (exact) mass is 278 g/mol. The molecule has 3 rings (SSSR count). The summed E-state index contributed by atoms with van der Waals surface area (Å²) in [5.74, 6) is 0.766. The summed E-state index contributed by atoms with van der Waals surface area (Å²) in [5, 5.41) is 5.04. The molecule has 0 aliphatic heterocycles. The Hall–Kier alpha value is -2.55. The van der Waals surface area contributed by atoms with E-state index in [9.17, 15) is 4.79 Å². The number of aromatic amines is 1. The van der Waals surface area contributed by atoms with E-state index in [2.05, 4.69) is 29.4 Å². The van der Waals surface area contributed by atoms with E-state index in [0.717, 1.165) is 23.0 Å². The molecule has 0 amide bonds. The molecule has 1 atom stereocenters. The van der Waals surface area contributed by atoms with Crippen LogP contribution in [-0.2, 0) is 6.42 Å². The van der Waals surface area contributed by atoms with Gasteiger partial charge in [-0.2, -0.15) is 0 Å². The number of aromatic nitrogens is 1. The fourth-order valence-corrected chi connectivity index (χ4v) is 2.57. The average Bonchev–Trinajstić information content (AvgIpc) is 2.48.